The summed E-state index contributed by atoms with van der Waals surface area (Å²) in [6.45, 7) is 6.21. The van der Waals surface area contributed by atoms with E-state index < -0.39 is 18.2 Å². The molecule has 0 heterocycles. The van der Waals surface area contributed by atoms with Crippen LogP contribution >= 0.6 is 0 Å². The van der Waals surface area contributed by atoms with Gasteiger partial charge in [0.2, 0.25) is 5.91 Å². The lowest BCUT2D eigenvalue weighted by Gasteiger charge is -2.24. The number of ether oxygens (including phenoxy) is 1. The summed E-state index contributed by atoms with van der Waals surface area (Å²) in [5, 5.41) is 23.7. The number of allylic oxidation sites excluding steroid dienone is 14. The zero-order chi connectivity index (χ0) is 43.8. The molecule has 0 rings (SSSR count). The minimum Gasteiger partial charge on any atom is -0.462 e. The fourth-order valence-corrected chi connectivity index (χ4v) is 7.14. The molecule has 0 fully saturated rings. The highest BCUT2D eigenvalue weighted by molar-refractivity contribution is 5.77. The molecule has 0 aliphatic carbocycles. The standard InChI is InChI=1S/C54H93NO5/c1-4-7-10-13-16-19-22-25-26-27-29-31-34-37-40-43-46-52(57)51(49-56)55-53(58)48-50(45-42-39-36-33-30-24-21-18-15-12-9-6-3)60-54(59)47-44-41-38-35-32-28-23-20-17-14-11-8-5-2/h8-9,11-12,14,17-18,20-21,23,28,32,35,38,50-52,56-57H,4-7,10,13,15-16,19,22,24-27,29-31,33-34,36-37,39-49H2,1-3H3,(H,55,58)/b11-8+,12-9+,17-14+,21-18+,23-20-,32-28-,38-35+. The zero-order valence-corrected chi connectivity index (χ0v) is 39.1. The molecule has 0 spiro atoms. The fraction of sp³-hybridized carbons (Fsp3) is 0.704. The lowest BCUT2D eigenvalue weighted by Crippen LogP contribution is -2.46. The molecule has 3 unspecified atom stereocenters. The van der Waals surface area contributed by atoms with Crippen LogP contribution in [0.1, 0.15) is 220 Å². The van der Waals surface area contributed by atoms with Crippen molar-refractivity contribution in [3.05, 3.63) is 85.1 Å². The van der Waals surface area contributed by atoms with E-state index in [0.29, 0.717) is 25.7 Å². The van der Waals surface area contributed by atoms with Gasteiger partial charge in [-0.25, -0.2) is 0 Å². The Kier molecular flexibility index (Phi) is 44.8. The summed E-state index contributed by atoms with van der Waals surface area (Å²) in [5.41, 5.74) is 0. The minimum absolute atomic E-state index is 0.0353. The molecular formula is C54H93NO5. The molecular weight excluding hydrogens is 743 g/mol. The SMILES string of the molecule is CC/C=C/C=C/C=C\C=C/C=C/CCCC(=O)OC(CCCCCCC/C=C/C/C=C/CC)CC(=O)NC(CO)C(O)CCCCCCCCCCCCCCCCCC. The Hall–Kier alpha value is -2.96. The van der Waals surface area contributed by atoms with E-state index in [1.807, 2.05) is 54.7 Å². The number of esters is 1. The Bertz CT molecular complexity index is 1160. The summed E-state index contributed by atoms with van der Waals surface area (Å²) in [6, 6.07) is -0.724. The van der Waals surface area contributed by atoms with Crippen LogP contribution in [0.3, 0.4) is 0 Å². The molecule has 0 saturated carbocycles. The van der Waals surface area contributed by atoms with Crippen LogP contribution in [0.25, 0.3) is 0 Å². The van der Waals surface area contributed by atoms with Crippen LogP contribution in [0.5, 0.6) is 0 Å². The van der Waals surface area contributed by atoms with Crippen molar-refractivity contribution in [3.63, 3.8) is 0 Å². The number of nitrogens with one attached hydrogen (secondary N) is 1. The molecule has 6 heteroatoms. The van der Waals surface area contributed by atoms with Gasteiger partial charge in [-0.05, 0) is 64.2 Å². The molecule has 344 valence electrons. The molecule has 0 aromatic rings. The first-order valence-corrected chi connectivity index (χ1v) is 24.9. The van der Waals surface area contributed by atoms with Crippen molar-refractivity contribution in [2.75, 3.05) is 6.61 Å². The van der Waals surface area contributed by atoms with Gasteiger partial charge in [-0.3, -0.25) is 9.59 Å². The predicted octanol–water partition coefficient (Wildman–Crippen LogP) is 14.8. The maximum Gasteiger partial charge on any atom is 0.306 e. The normalized spacial score (nSPS) is 14.0. The number of aliphatic hydroxyl groups excluding tert-OH is 2. The predicted molar refractivity (Wildman–Crippen MR) is 259 cm³/mol. The maximum absolute atomic E-state index is 13.2. The summed E-state index contributed by atoms with van der Waals surface area (Å²) in [4.78, 5) is 26.0. The molecule has 0 bridgehead atoms. The first-order valence-electron chi connectivity index (χ1n) is 24.9. The van der Waals surface area contributed by atoms with Crippen LogP contribution in [-0.2, 0) is 14.3 Å². The number of carbonyl (C=O) groups excluding carboxylic acids is 2. The van der Waals surface area contributed by atoms with Gasteiger partial charge in [0, 0.05) is 6.42 Å². The third-order valence-corrected chi connectivity index (χ3v) is 10.8. The molecule has 0 aliphatic heterocycles. The quantitative estimate of drug-likeness (QED) is 0.0246. The number of carbonyl (C=O) groups is 2. The van der Waals surface area contributed by atoms with E-state index in [4.69, 9.17) is 4.74 Å². The Morgan fingerprint density at radius 1 is 0.517 bits per heavy atom. The largest absolute Gasteiger partial charge is 0.462 e. The highest BCUT2D eigenvalue weighted by Crippen LogP contribution is 2.17. The summed E-state index contributed by atoms with van der Waals surface area (Å²) in [6.07, 6.45) is 60.8. The summed E-state index contributed by atoms with van der Waals surface area (Å²) >= 11 is 0. The smallest absolute Gasteiger partial charge is 0.306 e. The van der Waals surface area contributed by atoms with Crippen LogP contribution in [0, 0.1) is 0 Å². The van der Waals surface area contributed by atoms with Gasteiger partial charge < -0.3 is 20.3 Å². The van der Waals surface area contributed by atoms with E-state index in [1.54, 1.807) is 0 Å². The molecule has 1 amide bonds. The van der Waals surface area contributed by atoms with Crippen LogP contribution < -0.4 is 5.32 Å². The van der Waals surface area contributed by atoms with Gasteiger partial charge in [-0.15, -0.1) is 0 Å². The van der Waals surface area contributed by atoms with Crippen LogP contribution in [0.2, 0.25) is 0 Å². The highest BCUT2D eigenvalue weighted by Gasteiger charge is 2.24. The topological polar surface area (TPSA) is 95.9 Å². The molecule has 0 aromatic heterocycles. The third-order valence-electron chi connectivity index (χ3n) is 10.8. The molecule has 60 heavy (non-hydrogen) atoms. The molecule has 0 aliphatic rings. The zero-order valence-electron chi connectivity index (χ0n) is 39.1. The Morgan fingerprint density at radius 3 is 1.53 bits per heavy atom. The lowest BCUT2D eigenvalue weighted by atomic mass is 10.0. The van der Waals surface area contributed by atoms with Gasteiger partial charge in [0.25, 0.3) is 0 Å². The number of hydrogen-bond donors (Lipinski definition) is 3. The van der Waals surface area contributed by atoms with E-state index in [2.05, 4.69) is 56.5 Å². The molecule has 3 atom stereocenters. The molecule has 0 saturated heterocycles. The minimum atomic E-state index is -0.807. The fourth-order valence-electron chi connectivity index (χ4n) is 7.14. The van der Waals surface area contributed by atoms with Crippen molar-refractivity contribution in [2.45, 2.75) is 238 Å². The average molecular weight is 836 g/mol. The molecule has 0 radical (unpaired) electrons. The van der Waals surface area contributed by atoms with Crippen LogP contribution in [0.4, 0.5) is 0 Å². The van der Waals surface area contributed by atoms with E-state index >= 15 is 0 Å². The van der Waals surface area contributed by atoms with Crippen molar-refractivity contribution in [1.82, 2.24) is 5.32 Å². The number of amides is 1. The second-order valence-electron chi connectivity index (χ2n) is 16.6. The van der Waals surface area contributed by atoms with Gasteiger partial charge in [0.1, 0.15) is 6.10 Å². The number of unbranched alkanes of at least 4 members (excludes halogenated alkanes) is 21. The van der Waals surface area contributed by atoms with E-state index in [9.17, 15) is 19.8 Å². The van der Waals surface area contributed by atoms with Gasteiger partial charge >= 0.3 is 5.97 Å². The Balaban J connectivity index is 4.64. The van der Waals surface area contributed by atoms with Gasteiger partial charge in [0.15, 0.2) is 0 Å². The van der Waals surface area contributed by atoms with E-state index in [0.717, 1.165) is 83.5 Å². The van der Waals surface area contributed by atoms with Crippen molar-refractivity contribution in [1.29, 1.82) is 0 Å². The second-order valence-corrected chi connectivity index (χ2v) is 16.6. The first-order chi connectivity index (χ1) is 29.5. The number of rotatable bonds is 43. The van der Waals surface area contributed by atoms with Crippen molar-refractivity contribution in [3.8, 4) is 0 Å². The maximum atomic E-state index is 13.2. The third kappa shape index (κ3) is 41.8. The average Bonchev–Trinajstić information content (AvgIpc) is 3.24. The second kappa shape index (κ2) is 47.1. The Morgan fingerprint density at radius 2 is 0.983 bits per heavy atom. The first kappa shape index (κ1) is 57.0. The van der Waals surface area contributed by atoms with Crippen molar-refractivity contribution in [2.24, 2.45) is 0 Å². The van der Waals surface area contributed by atoms with Gasteiger partial charge in [0.05, 0.1) is 25.2 Å². The van der Waals surface area contributed by atoms with Gasteiger partial charge in [-0.1, -0.05) is 228 Å². The van der Waals surface area contributed by atoms with Crippen LogP contribution in [-0.4, -0.2) is 46.9 Å². The summed E-state index contributed by atoms with van der Waals surface area (Å²) < 4.78 is 5.87. The highest BCUT2D eigenvalue weighted by atomic mass is 16.5. The Labute approximate surface area is 370 Å². The number of hydrogen-bond acceptors (Lipinski definition) is 5. The van der Waals surface area contributed by atoms with Crippen molar-refractivity contribution < 1.29 is 24.5 Å². The van der Waals surface area contributed by atoms with Gasteiger partial charge in [-0.2, -0.15) is 0 Å². The summed E-state index contributed by atoms with van der Waals surface area (Å²) in [5.74, 6) is -0.582. The van der Waals surface area contributed by atoms with E-state index in [-0.39, 0.29) is 24.9 Å². The van der Waals surface area contributed by atoms with E-state index in [1.165, 1.54) is 83.5 Å². The molecule has 3 N–H and O–H groups in total. The lowest BCUT2D eigenvalue weighted by molar-refractivity contribution is -0.151. The molecule has 0 aromatic carbocycles. The monoisotopic (exact) mass is 836 g/mol. The number of aliphatic hydroxyl groups is 2. The van der Waals surface area contributed by atoms with Crippen LogP contribution in [0.15, 0.2) is 85.1 Å². The van der Waals surface area contributed by atoms with Crippen molar-refractivity contribution >= 4 is 11.9 Å². The summed E-state index contributed by atoms with van der Waals surface area (Å²) in [7, 11) is 0. The molecule has 6 nitrogen and oxygen atoms in total.